The molecule has 0 saturated heterocycles. The van der Waals surface area contributed by atoms with Crippen molar-refractivity contribution in [3.63, 3.8) is 0 Å². The molecule has 1 amide bonds. The molecule has 1 unspecified atom stereocenters. The highest BCUT2D eigenvalue weighted by atomic mass is 32.2. The first-order valence-electron chi connectivity index (χ1n) is 10.8. The quantitative estimate of drug-likeness (QED) is 0.397. The minimum Gasteiger partial charge on any atom is -0.467 e. The average molecular weight is 445 g/mol. The number of carbonyl (C=O) groups excluding carboxylic acids is 1. The number of aromatic nitrogens is 3. The molecule has 162 valence electrons. The summed E-state index contributed by atoms with van der Waals surface area (Å²) in [6.45, 7) is 2.38. The lowest BCUT2D eigenvalue weighted by Gasteiger charge is -2.14. The summed E-state index contributed by atoms with van der Waals surface area (Å²) in [6.07, 6.45) is 5.06. The Morgan fingerprint density at radius 3 is 2.75 bits per heavy atom. The number of nitrogens with zero attached hydrogens (tertiary/aromatic N) is 3. The van der Waals surface area contributed by atoms with Crippen LogP contribution in [0.4, 0.5) is 5.69 Å². The molecule has 0 spiro atoms. The van der Waals surface area contributed by atoms with Crippen molar-refractivity contribution in [3.8, 4) is 11.4 Å². The van der Waals surface area contributed by atoms with Gasteiger partial charge in [0, 0.05) is 11.3 Å². The molecule has 0 saturated carbocycles. The van der Waals surface area contributed by atoms with Gasteiger partial charge in [-0.2, -0.15) is 0 Å². The van der Waals surface area contributed by atoms with Crippen molar-refractivity contribution in [2.24, 2.45) is 0 Å². The molecular weight excluding hydrogens is 420 g/mol. The fourth-order valence-corrected chi connectivity index (χ4v) is 4.83. The first-order chi connectivity index (χ1) is 15.7. The number of benzene rings is 2. The zero-order valence-electron chi connectivity index (χ0n) is 17.8. The third kappa shape index (κ3) is 4.34. The Kier molecular flexibility index (Phi) is 5.81. The van der Waals surface area contributed by atoms with Crippen molar-refractivity contribution in [1.29, 1.82) is 0 Å². The minimum absolute atomic E-state index is 0.0539. The first-order valence-corrected chi connectivity index (χ1v) is 11.7. The number of amides is 1. The van der Waals surface area contributed by atoms with Crippen molar-refractivity contribution >= 4 is 23.4 Å². The Hall–Kier alpha value is -3.32. The Morgan fingerprint density at radius 1 is 1.09 bits per heavy atom. The molecule has 0 bridgehead atoms. The minimum atomic E-state index is -0.341. The SMILES string of the molecule is CC(Sc1nnc(-c2ccccc2)n1Cc1ccco1)C(=O)Nc1ccc2c(c1)CCC2. The second-order valence-electron chi connectivity index (χ2n) is 7.92. The van der Waals surface area contributed by atoms with Gasteiger partial charge in [0.25, 0.3) is 0 Å². The van der Waals surface area contributed by atoms with Crippen LogP contribution < -0.4 is 5.32 Å². The van der Waals surface area contributed by atoms with Gasteiger partial charge < -0.3 is 9.73 Å². The van der Waals surface area contributed by atoms with Crippen LogP contribution in [0.1, 0.15) is 30.2 Å². The number of hydrogen-bond donors (Lipinski definition) is 1. The Bertz CT molecular complexity index is 1220. The highest BCUT2D eigenvalue weighted by Gasteiger charge is 2.22. The van der Waals surface area contributed by atoms with E-state index in [1.54, 1.807) is 6.26 Å². The number of rotatable bonds is 7. The van der Waals surface area contributed by atoms with Gasteiger partial charge in [-0.25, -0.2) is 0 Å². The first kappa shape index (κ1) is 20.6. The van der Waals surface area contributed by atoms with Gasteiger partial charge in [-0.05, 0) is 61.6 Å². The van der Waals surface area contributed by atoms with E-state index in [9.17, 15) is 4.79 Å². The van der Waals surface area contributed by atoms with E-state index in [0.29, 0.717) is 11.7 Å². The number of anilines is 1. The van der Waals surface area contributed by atoms with Crippen LogP contribution in [0.25, 0.3) is 11.4 Å². The van der Waals surface area contributed by atoms with Crippen LogP contribution in [0, 0.1) is 0 Å². The van der Waals surface area contributed by atoms with Crippen molar-refractivity contribution in [2.75, 3.05) is 5.32 Å². The molecule has 5 rings (SSSR count). The lowest BCUT2D eigenvalue weighted by atomic mass is 10.1. The van der Waals surface area contributed by atoms with Crippen LogP contribution in [0.15, 0.2) is 76.5 Å². The van der Waals surface area contributed by atoms with Gasteiger partial charge in [-0.15, -0.1) is 10.2 Å². The number of thioether (sulfide) groups is 1. The molecular formula is C25H24N4O2S. The molecule has 0 fully saturated rings. The molecule has 2 heterocycles. The number of aryl methyl sites for hydroxylation is 2. The van der Waals surface area contributed by atoms with Crippen LogP contribution in [0.5, 0.6) is 0 Å². The average Bonchev–Trinajstić information content (AvgIpc) is 3.56. The molecule has 1 aliphatic rings. The molecule has 6 nitrogen and oxygen atoms in total. The third-order valence-electron chi connectivity index (χ3n) is 5.66. The van der Waals surface area contributed by atoms with E-state index in [2.05, 4.69) is 27.6 Å². The summed E-state index contributed by atoms with van der Waals surface area (Å²) in [5.41, 5.74) is 4.55. The predicted molar refractivity (Wildman–Crippen MR) is 126 cm³/mol. The fourth-order valence-electron chi connectivity index (χ4n) is 3.98. The largest absolute Gasteiger partial charge is 0.467 e. The molecule has 2 aromatic heterocycles. The van der Waals surface area contributed by atoms with Gasteiger partial charge in [0.1, 0.15) is 5.76 Å². The lowest BCUT2D eigenvalue weighted by molar-refractivity contribution is -0.115. The van der Waals surface area contributed by atoms with E-state index in [1.165, 1.54) is 29.3 Å². The second-order valence-corrected chi connectivity index (χ2v) is 9.23. The summed E-state index contributed by atoms with van der Waals surface area (Å²) < 4.78 is 7.55. The summed E-state index contributed by atoms with van der Waals surface area (Å²) in [5, 5.41) is 12.2. The molecule has 1 atom stereocenters. The van der Waals surface area contributed by atoms with Crippen LogP contribution in [-0.4, -0.2) is 25.9 Å². The van der Waals surface area contributed by atoms with Crippen LogP contribution in [-0.2, 0) is 24.2 Å². The van der Waals surface area contributed by atoms with Crippen molar-refractivity contribution in [3.05, 3.63) is 83.8 Å². The van der Waals surface area contributed by atoms with Gasteiger partial charge >= 0.3 is 0 Å². The smallest absolute Gasteiger partial charge is 0.237 e. The normalized spacial score (nSPS) is 13.7. The molecule has 0 radical (unpaired) electrons. The molecule has 0 aliphatic heterocycles. The van der Waals surface area contributed by atoms with Crippen molar-refractivity contribution < 1.29 is 9.21 Å². The van der Waals surface area contributed by atoms with E-state index >= 15 is 0 Å². The van der Waals surface area contributed by atoms with E-state index in [-0.39, 0.29) is 11.2 Å². The zero-order valence-corrected chi connectivity index (χ0v) is 18.6. The summed E-state index contributed by atoms with van der Waals surface area (Å²) in [7, 11) is 0. The van der Waals surface area contributed by atoms with E-state index in [1.807, 2.05) is 60.0 Å². The summed E-state index contributed by atoms with van der Waals surface area (Å²) >= 11 is 1.40. The van der Waals surface area contributed by atoms with Gasteiger partial charge in [-0.3, -0.25) is 9.36 Å². The molecule has 2 aromatic carbocycles. The number of nitrogens with one attached hydrogen (secondary N) is 1. The molecule has 1 N–H and O–H groups in total. The van der Waals surface area contributed by atoms with Crippen molar-refractivity contribution in [1.82, 2.24) is 14.8 Å². The number of carbonyl (C=O) groups is 1. The van der Waals surface area contributed by atoms with E-state index in [0.717, 1.165) is 35.7 Å². The van der Waals surface area contributed by atoms with Gasteiger partial charge in [-0.1, -0.05) is 48.2 Å². The van der Waals surface area contributed by atoms with E-state index < -0.39 is 0 Å². The highest BCUT2D eigenvalue weighted by molar-refractivity contribution is 8.00. The molecule has 32 heavy (non-hydrogen) atoms. The molecule has 4 aromatic rings. The monoisotopic (exact) mass is 444 g/mol. The van der Waals surface area contributed by atoms with Gasteiger partial charge in [0.15, 0.2) is 11.0 Å². The molecule has 7 heteroatoms. The second kappa shape index (κ2) is 9.04. The number of furan rings is 1. The lowest BCUT2D eigenvalue weighted by Crippen LogP contribution is -2.23. The van der Waals surface area contributed by atoms with Crippen LogP contribution in [0.2, 0.25) is 0 Å². The summed E-state index contributed by atoms with van der Waals surface area (Å²) in [6, 6.07) is 19.9. The van der Waals surface area contributed by atoms with Gasteiger partial charge in [0.2, 0.25) is 5.91 Å². The Labute approximate surface area is 191 Å². The predicted octanol–water partition coefficient (Wildman–Crippen LogP) is 5.19. The topological polar surface area (TPSA) is 73.0 Å². The maximum absolute atomic E-state index is 12.9. The van der Waals surface area contributed by atoms with Crippen molar-refractivity contribution in [2.45, 2.75) is 43.1 Å². The standard InChI is InChI=1S/C25H24N4O2S/c1-17(24(30)26-21-13-12-18-9-5-10-20(18)15-21)32-25-28-27-23(19-7-3-2-4-8-19)29(25)16-22-11-6-14-31-22/h2-4,6-8,11-15,17H,5,9-10,16H2,1H3,(H,26,30). The Morgan fingerprint density at radius 2 is 1.94 bits per heavy atom. The summed E-state index contributed by atoms with van der Waals surface area (Å²) in [5.74, 6) is 1.50. The number of hydrogen-bond acceptors (Lipinski definition) is 5. The van der Waals surface area contributed by atoms with Gasteiger partial charge in [0.05, 0.1) is 18.1 Å². The number of fused-ring (bicyclic) bond motifs is 1. The fraction of sp³-hybridized carbons (Fsp3) is 0.240. The highest BCUT2D eigenvalue weighted by Crippen LogP contribution is 2.29. The van der Waals surface area contributed by atoms with Crippen LogP contribution >= 0.6 is 11.8 Å². The van der Waals surface area contributed by atoms with Crippen LogP contribution in [0.3, 0.4) is 0 Å². The van der Waals surface area contributed by atoms with E-state index in [4.69, 9.17) is 4.42 Å². The Balaban J connectivity index is 1.35. The maximum Gasteiger partial charge on any atom is 0.237 e. The third-order valence-corrected chi connectivity index (χ3v) is 6.74. The summed E-state index contributed by atoms with van der Waals surface area (Å²) in [4.78, 5) is 12.9. The maximum atomic E-state index is 12.9. The molecule has 1 aliphatic carbocycles. The zero-order chi connectivity index (χ0) is 21.9.